The summed E-state index contributed by atoms with van der Waals surface area (Å²) in [6.45, 7) is 9.33. The number of benzene rings is 1. The summed E-state index contributed by atoms with van der Waals surface area (Å²) in [6.07, 6.45) is 4.06. The number of rotatable bonds is 6. The lowest BCUT2D eigenvalue weighted by Gasteiger charge is -2.24. The summed E-state index contributed by atoms with van der Waals surface area (Å²) in [7, 11) is 0. The molecule has 1 amide bonds. The maximum Gasteiger partial charge on any atom is 0.277 e. The maximum atomic E-state index is 12.7. The van der Waals surface area contributed by atoms with Crippen LogP contribution in [-0.4, -0.2) is 34.9 Å². The Kier molecular flexibility index (Phi) is 5.94. The Hall–Kier alpha value is -1.95. The summed E-state index contributed by atoms with van der Waals surface area (Å²) in [6, 6.07) is 1.64. The molecular formula is C18H27N3O3. The minimum absolute atomic E-state index is 0.0482. The lowest BCUT2D eigenvalue weighted by atomic mass is 10.0. The first-order chi connectivity index (χ1) is 11.4. The predicted octanol–water partition coefficient (Wildman–Crippen LogP) is 3.72. The number of nitrogens with one attached hydrogen (secondary N) is 1. The third kappa shape index (κ3) is 3.75. The largest absolute Gasteiger partial charge is 0.324 e. The van der Waals surface area contributed by atoms with Crippen molar-refractivity contribution in [2.24, 2.45) is 0 Å². The second kappa shape index (κ2) is 7.75. The molecule has 1 aromatic rings. The zero-order valence-electron chi connectivity index (χ0n) is 15.0. The van der Waals surface area contributed by atoms with E-state index in [2.05, 4.69) is 17.1 Å². The number of likely N-dealkylation sites (tertiary alicyclic amines) is 1. The molecule has 1 aliphatic heterocycles. The van der Waals surface area contributed by atoms with Gasteiger partial charge in [0, 0.05) is 5.56 Å². The van der Waals surface area contributed by atoms with Crippen LogP contribution in [0.3, 0.4) is 0 Å². The average molecular weight is 333 g/mol. The molecule has 6 nitrogen and oxygen atoms in total. The molecule has 0 unspecified atom stereocenters. The number of unbranched alkanes of at least 4 members (excludes halogenated alkanes) is 1. The van der Waals surface area contributed by atoms with Gasteiger partial charge >= 0.3 is 0 Å². The second-order valence-electron chi connectivity index (χ2n) is 6.65. The van der Waals surface area contributed by atoms with Gasteiger partial charge in [0.05, 0.1) is 22.2 Å². The van der Waals surface area contributed by atoms with E-state index in [1.54, 1.807) is 19.9 Å². The fraction of sp³-hybridized carbons (Fsp3) is 0.611. The van der Waals surface area contributed by atoms with Crippen LogP contribution in [0.25, 0.3) is 0 Å². The average Bonchev–Trinajstić information content (AvgIpc) is 2.97. The standard InChI is InChI=1S/C18H27N3O3/c1-5-6-9-20-10-7-8-15(20)18(22)19-16-12(2)11-13(3)17(14(16)4)21(23)24/h11,15H,5-10H2,1-4H3,(H,19,22)/t15-/m1/s1. The highest BCUT2D eigenvalue weighted by molar-refractivity contribution is 5.97. The minimum atomic E-state index is -0.372. The van der Waals surface area contributed by atoms with Crippen molar-refractivity contribution in [3.63, 3.8) is 0 Å². The molecule has 1 N–H and O–H groups in total. The van der Waals surface area contributed by atoms with Crippen LogP contribution < -0.4 is 5.32 Å². The summed E-state index contributed by atoms with van der Waals surface area (Å²) in [5.41, 5.74) is 2.69. The Morgan fingerprint density at radius 2 is 2.08 bits per heavy atom. The second-order valence-corrected chi connectivity index (χ2v) is 6.65. The van der Waals surface area contributed by atoms with Crippen molar-refractivity contribution in [1.29, 1.82) is 0 Å². The lowest BCUT2D eigenvalue weighted by Crippen LogP contribution is -2.40. The number of carbonyl (C=O) groups excluding carboxylic acids is 1. The van der Waals surface area contributed by atoms with Gasteiger partial charge in [-0.3, -0.25) is 19.8 Å². The van der Waals surface area contributed by atoms with Gasteiger partial charge in [-0.25, -0.2) is 0 Å². The van der Waals surface area contributed by atoms with Gasteiger partial charge in [-0.05, 0) is 64.8 Å². The van der Waals surface area contributed by atoms with Gasteiger partial charge in [-0.15, -0.1) is 0 Å². The number of amides is 1. The number of carbonyl (C=O) groups is 1. The highest BCUT2D eigenvalue weighted by Crippen LogP contribution is 2.33. The van der Waals surface area contributed by atoms with E-state index in [4.69, 9.17) is 0 Å². The third-order valence-electron chi connectivity index (χ3n) is 4.83. The van der Waals surface area contributed by atoms with Gasteiger partial charge in [0.25, 0.3) is 5.69 Å². The van der Waals surface area contributed by atoms with Gasteiger partial charge in [0.2, 0.25) is 5.91 Å². The van der Waals surface area contributed by atoms with E-state index in [9.17, 15) is 14.9 Å². The van der Waals surface area contributed by atoms with Crippen LogP contribution in [0.1, 0.15) is 49.3 Å². The first-order valence-corrected chi connectivity index (χ1v) is 8.66. The molecule has 1 saturated heterocycles. The topological polar surface area (TPSA) is 75.5 Å². The van der Waals surface area contributed by atoms with Crippen molar-refractivity contribution in [1.82, 2.24) is 4.90 Å². The zero-order chi connectivity index (χ0) is 17.9. The molecule has 1 atom stereocenters. The van der Waals surface area contributed by atoms with Crippen molar-refractivity contribution < 1.29 is 9.72 Å². The van der Waals surface area contributed by atoms with E-state index in [1.165, 1.54) is 0 Å². The molecule has 24 heavy (non-hydrogen) atoms. The zero-order valence-corrected chi connectivity index (χ0v) is 15.0. The molecule has 2 rings (SSSR count). The molecule has 0 aliphatic carbocycles. The SMILES string of the molecule is CCCCN1CCC[C@@H]1C(=O)Nc1c(C)cc(C)c([N+](=O)[O-])c1C. The van der Waals surface area contributed by atoms with E-state index >= 15 is 0 Å². The highest BCUT2D eigenvalue weighted by Gasteiger charge is 2.31. The molecule has 6 heteroatoms. The first kappa shape index (κ1) is 18.4. The monoisotopic (exact) mass is 333 g/mol. The van der Waals surface area contributed by atoms with Gasteiger partial charge < -0.3 is 5.32 Å². The van der Waals surface area contributed by atoms with Crippen LogP contribution in [0.2, 0.25) is 0 Å². The summed E-state index contributed by atoms with van der Waals surface area (Å²) in [5, 5.41) is 14.3. The molecule has 0 spiro atoms. The number of hydrogen-bond donors (Lipinski definition) is 1. The molecule has 0 radical (unpaired) electrons. The Morgan fingerprint density at radius 3 is 2.71 bits per heavy atom. The van der Waals surface area contributed by atoms with E-state index in [0.29, 0.717) is 16.8 Å². The van der Waals surface area contributed by atoms with Gasteiger partial charge in [0.15, 0.2) is 0 Å². The number of hydrogen-bond acceptors (Lipinski definition) is 4. The van der Waals surface area contributed by atoms with Gasteiger partial charge in [-0.2, -0.15) is 0 Å². The predicted molar refractivity (Wildman–Crippen MR) is 95.4 cm³/mol. The van der Waals surface area contributed by atoms with Crippen molar-refractivity contribution in [3.8, 4) is 0 Å². The van der Waals surface area contributed by atoms with E-state index in [1.807, 2.05) is 6.92 Å². The van der Waals surface area contributed by atoms with Crippen molar-refractivity contribution in [2.45, 2.75) is 59.4 Å². The fourth-order valence-corrected chi connectivity index (χ4v) is 3.61. The molecule has 1 aliphatic rings. The molecule has 1 aromatic carbocycles. The molecule has 1 fully saturated rings. The number of anilines is 1. The molecule has 0 bridgehead atoms. The Morgan fingerprint density at radius 1 is 1.38 bits per heavy atom. The highest BCUT2D eigenvalue weighted by atomic mass is 16.6. The Bertz CT molecular complexity index is 643. The summed E-state index contributed by atoms with van der Waals surface area (Å²) in [4.78, 5) is 25.9. The van der Waals surface area contributed by atoms with Crippen LogP contribution in [0.5, 0.6) is 0 Å². The van der Waals surface area contributed by atoms with Crippen molar-refractivity contribution in [3.05, 3.63) is 32.9 Å². The van der Waals surface area contributed by atoms with Crippen molar-refractivity contribution in [2.75, 3.05) is 18.4 Å². The smallest absolute Gasteiger partial charge is 0.277 e. The third-order valence-corrected chi connectivity index (χ3v) is 4.83. The molecule has 1 heterocycles. The van der Waals surface area contributed by atoms with Crippen LogP contribution in [0.15, 0.2) is 6.07 Å². The van der Waals surface area contributed by atoms with Crippen LogP contribution >= 0.6 is 0 Å². The van der Waals surface area contributed by atoms with Crippen molar-refractivity contribution >= 4 is 17.3 Å². The first-order valence-electron chi connectivity index (χ1n) is 8.66. The normalized spacial score (nSPS) is 17.9. The molecule has 0 aromatic heterocycles. The molecule has 132 valence electrons. The maximum absolute atomic E-state index is 12.7. The Balaban J connectivity index is 2.23. The molecule has 0 saturated carbocycles. The quantitative estimate of drug-likeness (QED) is 0.636. The van der Waals surface area contributed by atoms with Gasteiger partial charge in [0.1, 0.15) is 0 Å². The summed E-state index contributed by atoms with van der Waals surface area (Å²) < 4.78 is 0. The number of nitro benzene ring substituents is 1. The van der Waals surface area contributed by atoms with E-state index in [0.717, 1.165) is 44.3 Å². The fourth-order valence-electron chi connectivity index (χ4n) is 3.61. The Labute approximate surface area is 143 Å². The number of nitrogens with zero attached hydrogens (tertiary/aromatic N) is 2. The van der Waals surface area contributed by atoms with E-state index < -0.39 is 0 Å². The lowest BCUT2D eigenvalue weighted by molar-refractivity contribution is -0.386. The van der Waals surface area contributed by atoms with Crippen LogP contribution in [-0.2, 0) is 4.79 Å². The number of nitro groups is 1. The summed E-state index contributed by atoms with van der Waals surface area (Å²) >= 11 is 0. The minimum Gasteiger partial charge on any atom is -0.324 e. The molecular weight excluding hydrogens is 306 g/mol. The van der Waals surface area contributed by atoms with Crippen LogP contribution in [0.4, 0.5) is 11.4 Å². The van der Waals surface area contributed by atoms with Crippen LogP contribution in [0, 0.1) is 30.9 Å². The van der Waals surface area contributed by atoms with E-state index in [-0.39, 0.29) is 22.6 Å². The van der Waals surface area contributed by atoms with Gasteiger partial charge in [-0.1, -0.05) is 13.3 Å². The summed E-state index contributed by atoms with van der Waals surface area (Å²) in [5.74, 6) is -0.0482. The number of aryl methyl sites for hydroxylation is 2.